The lowest BCUT2D eigenvalue weighted by Crippen LogP contribution is -2.25. The fraction of sp³-hybridized carbons (Fsp3) is 0.462. The van der Waals surface area contributed by atoms with E-state index in [2.05, 4.69) is 35.4 Å². The van der Waals surface area contributed by atoms with Crippen LogP contribution < -0.4 is 5.32 Å². The first kappa shape index (κ1) is 11.4. The Morgan fingerprint density at radius 2 is 2.35 bits per heavy atom. The van der Waals surface area contributed by atoms with Crippen LogP contribution in [0.1, 0.15) is 18.4 Å². The summed E-state index contributed by atoms with van der Waals surface area (Å²) in [6.07, 6.45) is 2.61. The van der Waals surface area contributed by atoms with Crippen molar-refractivity contribution in [3.63, 3.8) is 0 Å². The van der Waals surface area contributed by atoms with Gasteiger partial charge in [0, 0.05) is 11.8 Å². The van der Waals surface area contributed by atoms with E-state index < -0.39 is 0 Å². The molecule has 17 heavy (non-hydrogen) atoms. The number of rotatable bonds is 2. The predicted octanol–water partition coefficient (Wildman–Crippen LogP) is 3.91. The summed E-state index contributed by atoms with van der Waals surface area (Å²) in [4.78, 5) is 4.65. The topological polar surface area (TPSA) is 24.9 Å². The minimum atomic E-state index is 0.607. The minimum absolute atomic E-state index is 0.607. The van der Waals surface area contributed by atoms with E-state index in [0.29, 0.717) is 6.04 Å². The van der Waals surface area contributed by atoms with Crippen molar-refractivity contribution in [1.82, 2.24) is 4.98 Å². The summed E-state index contributed by atoms with van der Waals surface area (Å²) in [6.45, 7) is 2.13. The molecule has 4 heteroatoms. The molecule has 90 valence electrons. The van der Waals surface area contributed by atoms with Gasteiger partial charge in [0.15, 0.2) is 5.13 Å². The van der Waals surface area contributed by atoms with Crippen molar-refractivity contribution in [3.05, 3.63) is 23.8 Å². The maximum absolute atomic E-state index is 4.65. The lowest BCUT2D eigenvalue weighted by atomic mass is 10.2. The molecule has 1 unspecified atom stereocenters. The van der Waals surface area contributed by atoms with Crippen molar-refractivity contribution in [3.8, 4) is 0 Å². The number of aromatic nitrogens is 1. The summed E-state index contributed by atoms with van der Waals surface area (Å²) in [5.74, 6) is 2.53. The first-order chi connectivity index (χ1) is 8.31. The number of nitrogens with one attached hydrogen (secondary N) is 1. The van der Waals surface area contributed by atoms with Crippen molar-refractivity contribution < 1.29 is 0 Å². The fourth-order valence-electron chi connectivity index (χ4n) is 2.12. The molecule has 2 heterocycles. The second-order valence-corrected chi connectivity index (χ2v) is 6.73. The van der Waals surface area contributed by atoms with E-state index in [-0.39, 0.29) is 0 Å². The van der Waals surface area contributed by atoms with E-state index in [9.17, 15) is 0 Å². The van der Waals surface area contributed by atoms with Crippen molar-refractivity contribution in [2.75, 3.05) is 16.8 Å². The van der Waals surface area contributed by atoms with Gasteiger partial charge in [-0.2, -0.15) is 11.8 Å². The Kier molecular flexibility index (Phi) is 3.25. The van der Waals surface area contributed by atoms with Crippen LogP contribution in [0.25, 0.3) is 10.2 Å². The number of hydrogen-bond acceptors (Lipinski definition) is 4. The number of nitrogens with zero attached hydrogens (tertiary/aromatic N) is 1. The van der Waals surface area contributed by atoms with Crippen LogP contribution in [0.3, 0.4) is 0 Å². The van der Waals surface area contributed by atoms with Gasteiger partial charge in [0.25, 0.3) is 0 Å². The Hall–Kier alpha value is -0.740. The van der Waals surface area contributed by atoms with E-state index in [0.717, 1.165) is 10.6 Å². The Bertz CT molecular complexity index is 515. The number of fused-ring (bicyclic) bond motifs is 1. The van der Waals surface area contributed by atoms with E-state index >= 15 is 0 Å². The highest BCUT2D eigenvalue weighted by atomic mass is 32.2. The van der Waals surface area contributed by atoms with Crippen LogP contribution in [0.5, 0.6) is 0 Å². The Morgan fingerprint density at radius 3 is 3.18 bits per heavy atom. The first-order valence-electron chi connectivity index (χ1n) is 6.03. The predicted molar refractivity (Wildman–Crippen MR) is 78.3 cm³/mol. The minimum Gasteiger partial charge on any atom is -0.358 e. The van der Waals surface area contributed by atoms with Gasteiger partial charge in [0.05, 0.1) is 10.2 Å². The van der Waals surface area contributed by atoms with Crippen LogP contribution in [0.15, 0.2) is 18.2 Å². The molecule has 1 aliphatic rings. The van der Waals surface area contributed by atoms with E-state index in [4.69, 9.17) is 0 Å². The molecule has 1 aromatic carbocycles. The number of anilines is 1. The summed E-state index contributed by atoms with van der Waals surface area (Å²) in [5.41, 5.74) is 2.42. The summed E-state index contributed by atoms with van der Waals surface area (Å²) in [5, 5.41) is 4.66. The van der Waals surface area contributed by atoms with Gasteiger partial charge in [-0.25, -0.2) is 4.98 Å². The molecule has 0 amide bonds. The highest BCUT2D eigenvalue weighted by molar-refractivity contribution is 7.99. The van der Waals surface area contributed by atoms with Gasteiger partial charge >= 0.3 is 0 Å². The normalized spacial score (nSPS) is 20.6. The lowest BCUT2D eigenvalue weighted by Gasteiger charge is -2.21. The van der Waals surface area contributed by atoms with Gasteiger partial charge in [-0.05, 0) is 43.2 Å². The average molecular weight is 264 g/mol. The van der Waals surface area contributed by atoms with Crippen LogP contribution in [-0.2, 0) is 0 Å². The molecule has 1 atom stereocenters. The SMILES string of the molecule is Cc1ccc2nc(NC3CCCSC3)sc2c1. The molecule has 1 fully saturated rings. The molecule has 1 aromatic heterocycles. The van der Waals surface area contributed by atoms with E-state index in [1.54, 1.807) is 11.3 Å². The van der Waals surface area contributed by atoms with E-state index in [1.807, 2.05) is 11.8 Å². The molecule has 2 aromatic rings. The third-order valence-electron chi connectivity index (χ3n) is 3.03. The van der Waals surface area contributed by atoms with Crippen LogP contribution in [0.4, 0.5) is 5.13 Å². The number of thioether (sulfide) groups is 1. The Morgan fingerprint density at radius 1 is 1.41 bits per heavy atom. The lowest BCUT2D eigenvalue weighted by molar-refractivity contribution is 0.685. The van der Waals surface area contributed by atoms with Crippen LogP contribution in [0.2, 0.25) is 0 Å². The second-order valence-electron chi connectivity index (χ2n) is 4.55. The summed E-state index contributed by atoms with van der Waals surface area (Å²) < 4.78 is 1.29. The molecule has 2 nitrogen and oxygen atoms in total. The van der Waals surface area contributed by atoms with Crippen LogP contribution in [-0.4, -0.2) is 22.5 Å². The molecule has 0 saturated carbocycles. The van der Waals surface area contributed by atoms with Crippen LogP contribution in [0, 0.1) is 6.92 Å². The molecule has 1 saturated heterocycles. The smallest absolute Gasteiger partial charge is 0.184 e. The number of benzene rings is 1. The zero-order chi connectivity index (χ0) is 11.7. The third-order valence-corrected chi connectivity index (χ3v) is 5.20. The zero-order valence-corrected chi connectivity index (χ0v) is 11.5. The maximum atomic E-state index is 4.65. The van der Waals surface area contributed by atoms with Gasteiger partial charge in [0.1, 0.15) is 0 Å². The van der Waals surface area contributed by atoms with Crippen molar-refractivity contribution in [2.24, 2.45) is 0 Å². The van der Waals surface area contributed by atoms with Crippen molar-refractivity contribution in [1.29, 1.82) is 0 Å². The molecule has 0 aliphatic carbocycles. The molecule has 1 aliphatic heterocycles. The van der Waals surface area contributed by atoms with E-state index in [1.165, 1.54) is 34.6 Å². The van der Waals surface area contributed by atoms with Gasteiger partial charge in [0.2, 0.25) is 0 Å². The fourth-order valence-corrected chi connectivity index (χ4v) is 4.24. The second kappa shape index (κ2) is 4.86. The number of aryl methyl sites for hydroxylation is 1. The molecular weight excluding hydrogens is 248 g/mol. The molecule has 0 bridgehead atoms. The third kappa shape index (κ3) is 2.58. The van der Waals surface area contributed by atoms with Gasteiger partial charge < -0.3 is 5.32 Å². The standard InChI is InChI=1S/C13H16N2S2/c1-9-4-5-11-12(7-9)17-13(15-11)14-10-3-2-6-16-8-10/h4-5,7,10H,2-3,6,8H2,1H3,(H,14,15). The Labute approximate surface area is 110 Å². The van der Waals surface area contributed by atoms with Gasteiger partial charge in [-0.1, -0.05) is 17.4 Å². The number of thiazole rings is 1. The summed E-state index contributed by atoms with van der Waals surface area (Å²) in [6, 6.07) is 7.06. The molecule has 0 radical (unpaired) electrons. The zero-order valence-electron chi connectivity index (χ0n) is 9.90. The molecular formula is C13H16N2S2. The molecule has 3 rings (SSSR count). The van der Waals surface area contributed by atoms with Gasteiger partial charge in [-0.3, -0.25) is 0 Å². The average Bonchev–Trinajstić information content (AvgIpc) is 2.71. The monoisotopic (exact) mass is 264 g/mol. The van der Waals surface area contributed by atoms with Crippen molar-refractivity contribution in [2.45, 2.75) is 25.8 Å². The molecule has 0 spiro atoms. The Balaban J connectivity index is 1.80. The summed E-state index contributed by atoms with van der Waals surface area (Å²) in [7, 11) is 0. The van der Waals surface area contributed by atoms with Crippen LogP contribution >= 0.6 is 23.1 Å². The summed E-state index contributed by atoms with van der Waals surface area (Å²) >= 11 is 3.82. The number of hydrogen-bond donors (Lipinski definition) is 1. The highest BCUT2D eigenvalue weighted by Gasteiger charge is 2.15. The maximum Gasteiger partial charge on any atom is 0.184 e. The van der Waals surface area contributed by atoms with Crippen molar-refractivity contribution >= 4 is 38.4 Å². The van der Waals surface area contributed by atoms with Gasteiger partial charge in [-0.15, -0.1) is 0 Å². The molecule has 1 N–H and O–H groups in total. The highest BCUT2D eigenvalue weighted by Crippen LogP contribution is 2.29. The quantitative estimate of drug-likeness (QED) is 0.890. The largest absolute Gasteiger partial charge is 0.358 e. The first-order valence-corrected chi connectivity index (χ1v) is 8.00.